The number of rotatable bonds is 5. The number of halogens is 2. The fraction of sp³-hybridized carbons (Fsp3) is 0.400. The van der Waals surface area contributed by atoms with Gasteiger partial charge < -0.3 is 0 Å². The maximum Gasteiger partial charge on any atom is 0.0596 e. The number of aryl methyl sites for hydroxylation is 2. The van der Waals surface area contributed by atoms with Gasteiger partial charge in [-0.1, -0.05) is 23.7 Å². The maximum absolute atomic E-state index is 6.10. The van der Waals surface area contributed by atoms with Crippen LogP contribution in [0.3, 0.4) is 0 Å². The molecular weight excluding hydrogens is 279 g/mol. The molecule has 0 saturated heterocycles. The van der Waals surface area contributed by atoms with E-state index in [2.05, 4.69) is 17.2 Å². The molecule has 1 atom stereocenters. The van der Waals surface area contributed by atoms with E-state index in [9.17, 15) is 0 Å². The van der Waals surface area contributed by atoms with E-state index in [1.807, 2.05) is 36.9 Å². The summed E-state index contributed by atoms with van der Waals surface area (Å²) >= 11 is 12.1. The lowest BCUT2D eigenvalue weighted by Crippen LogP contribution is -2.12. The molecule has 0 bridgehead atoms. The first-order valence-electron chi connectivity index (χ1n) is 6.38. The Labute approximate surface area is 124 Å². The first-order valence-corrected chi connectivity index (χ1v) is 7.29. The van der Waals surface area contributed by atoms with Crippen molar-refractivity contribution in [2.45, 2.75) is 19.8 Å². The number of aromatic nitrogens is 2. The summed E-state index contributed by atoms with van der Waals surface area (Å²) in [5.41, 5.74) is 3.51. The van der Waals surface area contributed by atoms with Gasteiger partial charge in [0, 0.05) is 23.6 Å². The molecule has 1 unspecified atom stereocenters. The minimum absolute atomic E-state index is 0.398. The highest BCUT2D eigenvalue weighted by Gasteiger charge is 2.13. The largest absolute Gasteiger partial charge is 0.272 e. The van der Waals surface area contributed by atoms with Crippen LogP contribution in [0, 0.1) is 12.8 Å². The lowest BCUT2D eigenvalue weighted by molar-refractivity contribution is 0.551. The highest BCUT2D eigenvalue weighted by atomic mass is 35.5. The monoisotopic (exact) mass is 296 g/mol. The predicted octanol–water partition coefficient (Wildman–Crippen LogP) is 4.02. The topological polar surface area (TPSA) is 17.8 Å². The molecular formula is C15H18Cl2N2. The second-order valence-corrected chi connectivity index (χ2v) is 5.70. The summed E-state index contributed by atoms with van der Waals surface area (Å²) in [5.74, 6) is 1.03. The zero-order valence-electron chi connectivity index (χ0n) is 11.2. The molecule has 0 radical (unpaired) electrons. The minimum atomic E-state index is 0.398. The SMILES string of the molecule is Cc1cc(CC(CCl)Cc2cccc(Cl)c2)n(C)n1. The van der Waals surface area contributed by atoms with Crippen molar-refractivity contribution in [1.82, 2.24) is 9.78 Å². The van der Waals surface area contributed by atoms with Crippen molar-refractivity contribution in [2.24, 2.45) is 13.0 Å². The first-order chi connectivity index (χ1) is 9.08. The molecule has 0 amide bonds. The highest BCUT2D eigenvalue weighted by molar-refractivity contribution is 6.30. The van der Waals surface area contributed by atoms with Crippen LogP contribution in [0.4, 0.5) is 0 Å². The number of nitrogens with zero attached hydrogens (tertiary/aromatic N) is 2. The fourth-order valence-electron chi connectivity index (χ4n) is 2.33. The van der Waals surface area contributed by atoms with Gasteiger partial charge in [-0.25, -0.2) is 0 Å². The Morgan fingerprint density at radius 3 is 2.63 bits per heavy atom. The quantitative estimate of drug-likeness (QED) is 0.762. The van der Waals surface area contributed by atoms with Crippen molar-refractivity contribution in [3.05, 3.63) is 52.3 Å². The lowest BCUT2D eigenvalue weighted by atomic mass is 9.96. The van der Waals surface area contributed by atoms with Gasteiger partial charge in [-0.2, -0.15) is 5.10 Å². The molecule has 2 rings (SSSR count). The average molecular weight is 297 g/mol. The third kappa shape index (κ3) is 3.99. The Morgan fingerprint density at radius 1 is 1.26 bits per heavy atom. The maximum atomic E-state index is 6.10. The molecule has 1 heterocycles. The molecule has 0 spiro atoms. The van der Waals surface area contributed by atoms with Gasteiger partial charge >= 0.3 is 0 Å². The average Bonchev–Trinajstić information content (AvgIpc) is 2.67. The third-order valence-electron chi connectivity index (χ3n) is 3.23. The molecule has 0 saturated carbocycles. The van der Waals surface area contributed by atoms with Gasteiger partial charge in [0.05, 0.1) is 5.69 Å². The van der Waals surface area contributed by atoms with Crippen LogP contribution in [0.15, 0.2) is 30.3 Å². The Balaban J connectivity index is 2.06. The van der Waals surface area contributed by atoms with Crippen LogP contribution in [0.25, 0.3) is 0 Å². The summed E-state index contributed by atoms with van der Waals surface area (Å²) < 4.78 is 1.94. The third-order valence-corrected chi connectivity index (χ3v) is 3.90. The van der Waals surface area contributed by atoms with E-state index >= 15 is 0 Å². The second-order valence-electron chi connectivity index (χ2n) is 4.96. The van der Waals surface area contributed by atoms with Crippen LogP contribution in [-0.4, -0.2) is 15.7 Å². The van der Waals surface area contributed by atoms with Crippen molar-refractivity contribution in [2.75, 3.05) is 5.88 Å². The molecule has 102 valence electrons. The molecule has 0 N–H and O–H groups in total. The molecule has 0 aliphatic rings. The van der Waals surface area contributed by atoms with Crippen molar-refractivity contribution in [3.8, 4) is 0 Å². The molecule has 0 fully saturated rings. The van der Waals surface area contributed by atoms with E-state index in [1.54, 1.807) is 0 Å². The zero-order valence-corrected chi connectivity index (χ0v) is 12.7. The van der Waals surface area contributed by atoms with Gasteiger partial charge in [-0.3, -0.25) is 4.68 Å². The van der Waals surface area contributed by atoms with E-state index in [1.165, 1.54) is 11.3 Å². The van der Waals surface area contributed by atoms with Crippen LogP contribution in [0.5, 0.6) is 0 Å². The van der Waals surface area contributed by atoms with Gasteiger partial charge in [0.2, 0.25) is 0 Å². The summed E-state index contributed by atoms with van der Waals surface area (Å²) in [5, 5.41) is 5.15. The summed E-state index contributed by atoms with van der Waals surface area (Å²) in [7, 11) is 1.98. The van der Waals surface area contributed by atoms with Crippen LogP contribution in [0.1, 0.15) is 17.0 Å². The number of alkyl halides is 1. The Kier molecular flexibility index (Phi) is 4.89. The van der Waals surface area contributed by atoms with E-state index < -0.39 is 0 Å². The number of hydrogen-bond donors (Lipinski definition) is 0. The molecule has 0 aliphatic carbocycles. The zero-order chi connectivity index (χ0) is 13.8. The normalized spacial score (nSPS) is 12.6. The van der Waals surface area contributed by atoms with E-state index in [4.69, 9.17) is 23.2 Å². The van der Waals surface area contributed by atoms with Gasteiger partial charge in [-0.05, 0) is 49.4 Å². The van der Waals surface area contributed by atoms with Gasteiger partial charge in [0.15, 0.2) is 0 Å². The van der Waals surface area contributed by atoms with E-state index in [0.29, 0.717) is 11.8 Å². The van der Waals surface area contributed by atoms with Gasteiger partial charge in [0.25, 0.3) is 0 Å². The molecule has 0 aliphatic heterocycles. The van der Waals surface area contributed by atoms with Crippen molar-refractivity contribution < 1.29 is 0 Å². The molecule has 1 aromatic carbocycles. The molecule has 1 aromatic heterocycles. The van der Waals surface area contributed by atoms with Crippen molar-refractivity contribution in [3.63, 3.8) is 0 Å². The minimum Gasteiger partial charge on any atom is -0.272 e. The fourth-order valence-corrected chi connectivity index (χ4v) is 2.76. The number of hydrogen-bond acceptors (Lipinski definition) is 1. The van der Waals surface area contributed by atoms with E-state index in [-0.39, 0.29) is 0 Å². The highest BCUT2D eigenvalue weighted by Crippen LogP contribution is 2.19. The predicted molar refractivity (Wildman–Crippen MR) is 81.0 cm³/mol. The first kappa shape index (κ1) is 14.4. The summed E-state index contributed by atoms with van der Waals surface area (Å²) in [4.78, 5) is 0. The van der Waals surface area contributed by atoms with Crippen LogP contribution < -0.4 is 0 Å². The molecule has 2 nitrogen and oxygen atoms in total. The van der Waals surface area contributed by atoms with Crippen LogP contribution in [0.2, 0.25) is 5.02 Å². The van der Waals surface area contributed by atoms with Crippen LogP contribution in [-0.2, 0) is 19.9 Å². The van der Waals surface area contributed by atoms with Gasteiger partial charge in [-0.15, -0.1) is 11.6 Å². The van der Waals surface area contributed by atoms with Crippen LogP contribution >= 0.6 is 23.2 Å². The van der Waals surface area contributed by atoms with Crippen molar-refractivity contribution in [1.29, 1.82) is 0 Å². The molecule has 2 aromatic rings. The Morgan fingerprint density at radius 2 is 2.05 bits per heavy atom. The molecule has 19 heavy (non-hydrogen) atoms. The van der Waals surface area contributed by atoms with Gasteiger partial charge in [0.1, 0.15) is 0 Å². The summed E-state index contributed by atoms with van der Waals surface area (Å²) in [6.45, 7) is 2.01. The Hall–Kier alpha value is -0.990. The van der Waals surface area contributed by atoms with Crippen molar-refractivity contribution >= 4 is 23.2 Å². The standard InChI is InChI=1S/C15H18Cl2N2/c1-11-6-15(19(2)18-11)9-13(10-16)7-12-4-3-5-14(17)8-12/h3-6,8,13H,7,9-10H2,1-2H3. The smallest absolute Gasteiger partial charge is 0.0596 e. The second kappa shape index (κ2) is 6.44. The van der Waals surface area contributed by atoms with E-state index in [0.717, 1.165) is 23.6 Å². The summed E-state index contributed by atoms with van der Waals surface area (Å²) in [6, 6.07) is 10.1. The molecule has 4 heteroatoms. The lowest BCUT2D eigenvalue weighted by Gasteiger charge is -2.14. The Bertz CT molecular complexity index is 549. The number of benzene rings is 1. The summed E-state index contributed by atoms with van der Waals surface area (Å²) in [6.07, 6.45) is 1.88.